The molecule has 3 aromatic rings. The molecule has 7 heteroatoms. The minimum atomic E-state index is -0.650. The van der Waals surface area contributed by atoms with Crippen molar-refractivity contribution in [3.8, 4) is 17.0 Å². The molecule has 154 valence electrons. The Morgan fingerprint density at radius 3 is 2.80 bits per heavy atom. The Balaban J connectivity index is 1.61. The third-order valence-corrected chi connectivity index (χ3v) is 5.75. The third kappa shape index (κ3) is 4.21. The number of nitrogens with one attached hydrogen (secondary N) is 1. The summed E-state index contributed by atoms with van der Waals surface area (Å²) in [6, 6.07) is 14.8. The lowest BCUT2D eigenvalue weighted by atomic mass is 10.1. The molecule has 0 radical (unpaired) electrons. The van der Waals surface area contributed by atoms with Crippen LogP contribution in [0.2, 0.25) is 0 Å². The van der Waals surface area contributed by atoms with Crippen LogP contribution in [0.3, 0.4) is 0 Å². The summed E-state index contributed by atoms with van der Waals surface area (Å²) in [6.07, 6.45) is 1.34. The number of fused-ring (bicyclic) bond motifs is 1. The number of carbonyl (C=O) groups excluding carboxylic acids is 2. The van der Waals surface area contributed by atoms with Crippen molar-refractivity contribution in [1.82, 2.24) is 4.98 Å². The molecule has 0 bridgehead atoms. The molecule has 1 aliphatic heterocycles. The van der Waals surface area contributed by atoms with Crippen molar-refractivity contribution in [2.45, 2.75) is 32.8 Å². The van der Waals surface area contributed by atoms with E-state index in [2.05, 4.69) is 17.2 Å². The molecule has 2 heterocycles. The predicted molar refractivity (Wildman–Crippen MR) is 119 cm³/mol. The number of nitrogens with zero attached hydrogens (tertiary/aromatic N) is 2. The lowest BCUT2D eigenvalue weighted by molar-refractivity contribution is -0.127. The standard InChI is InChI=1S/C23H23N3O3S/c1-3-7-22-25-18(14-30-22)16-10-11-20-19(12-16)26(23(28)15(2)29-20)13-21(27)24-17-8-5-4-6-9-17/h4-6,8-12,14-15H,3,7,13H2,1-2H3,(H,24,27). The van der Waals surface area contributed by atoms with E-state index < -0.39 is 6.10 Å². The summed E-state index contributed by atoms with van der Waals surface area (Å²) in [5.41, 5.74) is 3.04. The fourth-order valence-electron chi connectivity index (χ4n) is 3.37. The van der Waals surface area contributed by atoms with Crippen LogP contribution in [-0.4, -0.2) is 29.4 Å². The maximum Gasteiger partial charge on any atom is 0.268 e. The first-order valence-electron chi connectivity index (χ1n) is 9.97. The topological polar surface area (TPSA) is 71.5 Å². The highest BCUT2D eigenvalue weighted by atomic mass is 32.1. The quantitative estimate of drug-likeness (QED) is 0.635. The van der Waals surface area contributed by atoms with E-state index in [1.807, 2.05) is 53.9 Å². The maximum atomic E-state index is 12.8. The van der Waals surface area contributed by atoms with Gasteiger partial charge in [-0.3, -0.25) is 14.5 Å². The molecule has 6 nitrogen and oxygen atoms in total. The number of hydrogen-bond acceptors (Lipinski definition) is 5. The molecule has 0 saturated heterocycles. The molecule has 30 heavy (non-hydrogen) atoms. The molecule has 2 amide bonds. The van der Waals surface area contributed by atoms with Gasteiger partial charge in [-0.05, 0) is 50.1 Å². The number of rotatable bonds is 6. The third-order valence-electron chi connectivity index (χ3n) is 4.84. The van der Waals surface area contributed by atoms with Crippen LogP contribution in [0.4, 0.5) is 11.4 Å². The number of benzene rings is 2. The van der Waals surface area contributed by atoms with Crippen molar-refractivity contribution in [3.05, 3.63) is 58.9 Å². The highest BCUT2D eigenvalue weighted by Crippen LogP contribution is 2.37. The van der Waals surface area contributed by atoms with Crippen LogP contribution < -0.4 is 15.0 Å². The molecule has 1 atom stereocenters. The van der Waals surface area contributed by atoms with Gasteiger partial charge in [-0.25, -0.2) is 4.98 Å². The number of carbonyl (C=O) groups is 2. The number of aromatic nitrogens is 1. The highest BCUT2D eigenvalue weighted by molar-refractivity contribution is 7.09. The van der Waals surface area contributed by atoms with E-state index in [0.717, 1.165) is 29.1 Å². The molecule has 0 spiro atoms. The van der Waals surface area contributed by atoms with Gasteiger partial charge >= 0.3 is 0 Å². The SMILES string of the molecule is CCCc1nc(-c2ccc3c(c2)N(CC(=O)Nc2ccccc2)C(=O)C(C)O3)cs1. The molecule has 0 aliphatic carbocycles. The minimum Gasteiger partial charge on any atom is -0.479 e. The van der Waals surface area contributed by atoms with E-state index in [0.29, 0.717) is 17.1 Å². The van der Waals surface area contributed by atoms with E-state index in [1.54, 1.807) is 18.3 Å². The zero-order valence-corrected chi connectivity index (χ0v) is 17.7. The predicted octanol–water partition coefficient (Wildman–Crippen LogP) is 4.52. The molecular formula is C23H23N3O3S. The number of thiazole rings is 1. The number of ether oxygens (including phenoxy) is 1. The normalized spacial score (nSPS) is 15.5. The van der Waals surface area contributed by atoms with E-state index in [9.17, 15) is 9.59 Å². The first-order valence-corrected chi connectivity index (χ1v) is 10.8. The van der Waals surface area contributed by atoms with Gasteiger partial charge in [0.1, 0.15) is 12.3 Å². The number of para-hydroxylation sites is 1. The van der Waals surface area contributed by atoms with Crippen LogP contribution in [0.1, 0.15) is 25.3 Å². The van der Waals surface area contributed by atoms with Crippen LogP contribution in [-0.2, 0) is 16.0 Å². The van der Waals surface area contributed by atoms with Gasteiger partial charge in [0.2, 0.25) is 5.91 Å². The van der Waals surface area contributed by atoms with Gasteiger partial charge in [-0.15, -0.1) is 11.3 Å². The Morgan fingerprint density at radius 1 is 1.23 bits per heavy atom. The Kier molecular flexibility index (Phi) is 5.81. The van der Waals surface area contributed by atoms with Crippen molar-refractivity contribution < 1.29 is 14.3 Å². The summed E-state index contributed by atoms with van der Waals surface area (Å²) in [4.78, 5) is 31.6. The Labute approximate surface area is 179 Å². The summed E-state index contributed by atoms with van der Waals surface area (Å²) < 4.78 is 5.77. The minimum absolute atomic E-state index is 0.0873. The lowest BCUT2D eigenvalue weighted by Crippen LogP contribution is -2.47. The van der Waals surface area contributed by atoms with Gasteiger partial charge in [-0.1, -0.05) is 25.1 Å². The largest absolute Gasteiger partial charge is 0.479 e. The van der Waals surface area contributed by atoms with Crippen molar-refractivity contribution in [2.24, 2.45) is 0 Å². The maximum absolute atomic E-state index is 12.8. The van der Waals surface area contributed by atoms with Crippen LogP contribution >= 0.6 is 11.3 Å². The fourth-order valence-corrected chi connectivity index (χ4v) is 4.28. The zero-order chi connectivity index (χ0) is 21.1. The van der Waals surface area contributed by atoms with Crippen molar-refractivity contribution in [2.75, 3.05) is 16.8 Å². The smallest absolute Gasteiger partial charge is 0.268 e. The second kappa shape index (κ2) is 8.67. The monoisotopic (exact) mass is 421 g/mol. The summed E-state index contributed by atoms with van der Waals surface area (Å²) in [6.45, 7) is 3.73. The number of hydrogen-bond donors (Lipinski definition) is 1. The summed E-state index contributed by atoms with van der Waals surface area (Å²) in [5, 5.41) is 5.94. The first kappa shape index (κ1) is 20.1. The molecule has 0 saturated carbocycles. The van der Waals surface area contributed by atoms with Gasteiger partial charge in [0.15, 0.2) is 6.10 Å². The first-order chi connectivity index (χ1) is 14.5. The molecule has 1 aromatic heterocycles. The van der Waals surface area contributed by atoms with Crippen LogP contribution in [0.5, 0.6) is 5.75 Å². The summed E-state index contributed by atoms with van der Waals surface area (Å²) in [7, 11) is 0. The summed E-state index contributed by atoms with van der Waals surface area (Å²) >= 11 is 1.63. The fraction of sp³-hybridized carbons (Fsp3) is 0.261. The zero-order valence-electron chi connectivity index (χ0n) is 16.9. The molecule has 0 fully saturated rings. The average molecular weight is 422 g/mol. The van der Waals surface area contributed by atoms with Crippen molar-refractivity contribution in [3.63, 3.8) is 0 Å². The van der Waals surface area contributed by atoms with Gasteiger partial charge in [-0.2, -0.15) is 0 Å². The molecule has 2 aromatic carbocycles. The Hall–Kier alpha value is -3.19. The molecule has 4 rings (SSSR count). The van der Waals surface area contributed by atoms with Crippen LogP contribution in [0, 0.1) is 0 Å². The van der Waals surface area contributed by atoms with Gasteiger partial charge < -0.3 is 10.1 Å². The van der Waals surface area contributed by atoms with Crippen LogP contribution in [0.25, 0.3) is 11.3 Å². The van der Waals surface area contributed by atoms with Gasteiger partial charge in [0, 0.05) is 16.6 Å². The Bertz CT molecular complexity index is 1060. The molecule has 1 N–H and O–H groups in total. The number of amides is 2. The van der Waals surface area contributed by atoms with Crippen molar-refractivity contribution in [1.29, 1.82) is 0 Å². The second-order valence-corrected chi connectivity index (χ2v) is 8.10. The van der Waals surface area contributed by atoms with Gasteiger partial charge in [0.25, 0.3) is 5.91 Å². The van der Waals surface area contributed by atoms with E-state index in [-0.39, 0.29) is 18.4 Å². The second-order valence-electron chi connectivity index (χ2n) is 7.16. The molecular weight excluding hydrogens is 398 g/mol. The number of anilines is 2. The number of aryl methyl sites for hydroxylation is 1. The van der Waals surface area contributed by atoms with Crippen LogP contribution in [0.15, 0.2) is 53.9 Å². The Morgan fingerprint density at radius 2 is 2.03 bits per heavy atom. The molecule has 1 aliphatic rings. The van der Waals surface area contributed by atoms with E-state index >= 15 is 0 Å². The van der Waals surface area contributed by atoms with Gasteiger partial charge in [0.05, 0.1) is 16.4 Å². The summed E-state index contributed by atoms with van der Waals surface area (Å²) in [5.74, 6) is 0.0778. The van der Waals surface area contributed by atoms with Crippen molar-refractivity contribution >= 4 is 34.5 Å². The lowest BCUT2D eigenvalue weighted by Gasteiger charge is -2.32. The van der Waals surface area contributed by atoms with E-state index in [1.165, 1.54) is 4.90 Å². The average Bonchev–Trinajstić information content (AvgIpc) is 3.21. The molecule has 1 unspecified atom stereocenters. The highest BCUT2D eigenvalue weighted by Gasteiger charge is 2.33. The van der Waals surface area contributed by atoms with E-state index in [4.69, 9.17) is 4.74 Å².